The van der Waals surface area contributed by atoms with E-state index in [1.165, 1.54) is 14.2 Å². The number of ketones is 1. The molecule has 0 saturated carbocycles. The second kappa shape index (κ2) is 6.37. The van der Waals surface area contributed by atoms with Crippen LogP contribution in [0.5, 0.6) is 11.5 Å². The summed E-state index contributed by atoms with van der Waals surface area (Å²) in [6, 6.07) is 8.10. The minimum absolute atomic E-state index is 0.279. The molecule has 110 valence electrons. The molecule has 6 heteroatoms. The number of methoxy groups -OCH3 is 2. The molecule has 0 atom stereocenters. The standard InChI is InChI=1S/C15H13BrClNO3/c1-20-9-6-11(16)14(13(7-9)21-2)15(19)10-5-8(18)3-4-12(10)17/h3-7H,18H2,1-2H3. The van der Waals surface area contributed by atoms with Crippen molar-refractivity contribution in [3.63, 3.8) is 0 Å². The van der Waals surface area contributed by atoms with E-state index in [0.717, 1.165) is 0 Å². The number of nitrogens with two attached hydrogens (primary N) is 1. The Morgan fingerprint density at radius 3 is 2.52 bits per heavy atom. The smallest absolute Gasteiger partial charge is 0.199 e. The SMILES string of the molecule is COc1cc(Br)c(C(=O)c2cc(N)ccc2Cl)c(OC)c1. The molecule has 0 saturated heterocycles. The van der Waals surface area contributed by atoms with Gasteiger partial charge in [-0.25, -0.2) is 0 Å². The van der Waals surface area contributed by atoms with Crippen molar-refractivity contribution >= 4 is 39.0 Å². The van der Waals surface area contributed by atoms with E-state index in [1.807, 2.05) is 0 Å². The lowest BCUT2D eigenvalue weighted by Gasteiger charge is -2.13. The summed E-state index contributed by atoms with van der Waals surface area (Å²) in [6.07, 6.45) is 0. The van der Waals surface area contributed by atoms with Gasteiger partial charge < -0.3 is 15.2 Å². The fourth-order valence-corrected chi connectivity index (χ4v) is 2.71. The van der Waals surface area contributed by atoms with Gasteiger partial charge in [0, 0.05) is 21.8 Å². The number of anilines is 1. The highest BCUT2D eigenvalue weighted by atomic mass is 79.9. The van der Waals surface area contributed by atoms with E-state index in [0.29, 0.717) is 37.8 Å². The molecule has 0 fully saturated rings. The van der Waals surface area contributed by atoms with Crippen molar-refractivity contribution in [2.75, 3.05) is 20.0 Å². The Hall–Kier alpha value is -1.72. The summed E-state index contributed by atoms with van der Waals surface area (Å²) in [6.45, 7) is 0. The molecule has 2 rings (SSSR count). The van der Waals surface area contributed by atoms with Crippen LogP contribution in [0.4, 0.5) is 5.69 Å². The van der Waals surface area contributed by atoms with E-state index in [2.05, 4.69) is 15.9 Å². The summed E-state index contributed by atoms with van der Waals surface area (Å²) in [4.78, 5) is 12.7. The van der Waals surface area contributed by atoms with Crippen LogP contribution in [0.2, 0.25) is 5.02 Å². The molecule has 2 aromatic carbocycles. The monoisotopic (exact) mass is 369 g/mol. The summed E-state index contributed by atoms with van der Waals surface area (Å²) in [5, 5.41) is 0.332. The van der Waals surface area contributed by atoms with Gasteiger partial charge in [0.1, 0.15) is 11.5 Å². The van der Waals surface area contributed by atoms with E-state index in [9.17, 15) is 4.79 Å². The van der Waals surface area contributed by atoms with Crippen molar-refractivity contribution in [1.29, 1.82) is 0 Å². The van der Waals surface area contributed by atoms with Crippen molar-refractivity contribution in [2.45, 2.75) is 0 Å². The lowest BCUT2D eigenvalue weighted by Crippen LogP contribution is -2.07. The molecule has 0 amide bonds. The third-order valence-electron chi connectivity index (χ3n) is 2.95. The Morgan fingerprint density at radius 1 is 1.19 bits per heavy atom. The third-order valence-corrected chi connectivity index (χ3v) is 3.90. The Morgan fingerprint density at radius 2 is 1.90 bits per heavy atom. The minimum Gasteiger partial charge on any atom is -0.497 e. The van der Waals surface area contributed by atoms with Crippen LogP contribution < -0.4 is 15.2 Å². The first-order valence-electron chi connectivity index (χ1n) is 5.99. The summed E-state index contributed by atoms with van der Waals surface area (Å²) in [5.41, 5.74) is 6.87. The van der Waals surface area contributed by atoms with Crippen molar-refractivity contribution in [1.82, 2.24) is 0 Å². The number of halogens is 2. The van der Waals surface area contributed by atoms with E-state index >= 15 is 0 Å². The van der Waals surface area contributed by atoms with Gasteiger partial charge in [-0.05, 0) is 40.2 Å². The molecule has 0 unspecified atom stereocenters. The number of hydrogen-bond acceptors (Lipinski definition) is 4. The highest BCUT2D eigenvalue weighted by molar-refractivity contribution is 9.10. The van der Waals surface area contributed by atoms with Crippen molar-refractivity contribution in [3.05, 3.63) is 51.0 Å². The second-order valence-electron chi connectivity index (χ2n) is 4.25. The van der Waals surface area contributed by atoms with Gasteiger partial charge in [0.05, 0.1) is 24.8 Å². The average molecular weight is 371 g/mol. The maximum Gasteiger partial charge on any atom is 0.199 e. The number of nitrogen functional groups attached to an aromatic ring is 1. The fourth-order valence-electron chi connectivity index (χ4n) is 1.91. The topological polar surface area (TPSA) is 61.5 Å². The molecule has 2 aromatic rings. The summed E-state index contributed by atoms with van der Waals surface area (Å²) < 4.78 is 11.0. The van der Waals surface area contributed by atoms with Crippen molar-refractivity contribution in [2.24, 2.45) is 0 Å². The quantitative estimate of drug-likeness (QED) is 0.654. The molecule has 21 heavy (non-hydrogen) atoms. The van der Waals surface area contributed by atoms with Gasteiger partial charge in [-0.3, -0.25) is 4.79 Å². The second-order valence-corrected chi connectivity index (χ2v) is 5.52. The Kier molecular flexibility index (Phi) is 4.75. The van der Waals surface area contributed by atoms with Gasteiger partial charge in [-0.2, -0.15) is 0 Å². The fraction of sp³-hybridized carbons (Fsp3) is 0.133. The summed E-state index contributed by atoms with van der Waals surface area (Å²) in [5.74, 6) is 0.692. The largest absolute Gasteiger partial charge is 0.497 e. The number of carbonyl (C=O) groups excluding carboxylic acids is 1. The molecule has 0 aromatic heterocycles. The lowest BCUT2D eigenvalue weighted by molar-refractivity contribution is 0.103. The third kappa shape index (κ3) is 3.14. The first-order chi connectivity index (χ1) is 9.97. The van der Waals surface area contributed by atoms with Gasteiger partial charge in [0.25, 0.3) is 0 Å². The van der Waals surface area contributed by atoms with E-state index in [1.54, 1.807) is 30.3 Å². The van der Waals surface area contributed by atoms with Crippen LogP contribution in [0.3, 0.4) is 0 Å². The van der Waals surface area contributed by atoms with Gasteiger partial charge >= 0.3 is 0 Å². The zero-order valence-corrected chi connectivity index (χ0v) is 13.8. The molecule has 0 aliphatic rings. The molecule has 0 heterocycles. The van der Waals surface area contributed by atoms with Crippen LogP contribution in [-0.4, -0.2) is 20.0 Å². The van der Waals surface area contributed by atoms with Crippen molar-refractivity contribution in [3.8, 4) is 11.5 Å². The molecule has 0 bridgehead atoms. The van der Waals surface area contributed by atoms with Crippen LogP contribution >= 0.6 is 27.5 Å². The number of hydrogen-bond donors (Lipinski definition) is 1. The first kappa shape index (κ1) is 15.7. The van der Waals surface area contributed by atoms with Crippen LogP contribution in [0.1, 0.15) is 15.9 Å². The van der Waals surface area contributed by atoms with Crippen LogP contribution in [0.25, 0.3) is 0 Å². The predicted molar refractivity (Wildman–Crippen MR) is 86.5 cm³/mol. The zero-order chi connectivity index (χ0) is 15.6. The molecule has 2 N–H and O–H groups in total. The first-order valence-corrected chi connectivity index (χ1v) is 7.16. The molecular formula is C15H13BrClNO3. The molecule has 0 aliphatic heterocycles. The molecule has 0 spiro atoms. The average Bonchev–Trinajstić information content (AvgIpc) is 2.48. The van der Waals surface area contributed by atoms with Crippen molar-refractivity contribution < 1.29 is 14.3 Å². The number of benzene rings is 2. The number of rotatable bonds is 4. The van der Waals surface area contributed by atoms with Crippen LogP contribution in [0.15, 0.2) is 34.8 Å². The molecule has 4 nitrogen and oxygen atoms in total. The van der Waals surface area contributed by atoms with Crippen LogP contribution in [-0.2, 0) is 0 Å². The predicted octanol–water partition coefficient (Wildman–Crippen LogP) is 3.93. The van der Waals surface area contributed by atoms with E-state index < -0.39 is 0 Å². The van der Waals surface area contributed by atoms with Crippen LogP contribution in [0, 0.1) is 0 Å². The number of ether oxygens (including phenoxy) is 2. The maximum absolute atomic E-state index is 12.7. The summed E-state index contributed by atoms with van der Waals surface area (Å²) in [7, 11) is 3.02. The highest BCUT2D eigenvalue weighted by Gasteiger charge is 2.21. The lowest BCUT2D eigenvalue weighted by atomic mass is 10.0. The van der Waals surface area contributed by atoms with Gasteiger partial charge in [0.15, 0.2) is 5.78 Å². The highest BCUT2D eigenvalue weighted by Crippen LogP contribution is 2.35. The molecular weight excluding hydrogens is 358 g/mol. The minimum atomic E-state index is -0.279. The van der Waals surface area contributed by atoms with E-state index in [-0.39, 0.29) is 5.78 Å². The van der Waals surface area contributed by atoms with E-state index in [4.69, 9.17) is 26.8 Å². The maximum atomic E-state index is 12.7. The summed E-state index contributed by atoms with van der Waals surface area (Å²) >= 11 is 9.46. The number of carbonyl (C=O) groups is 1. The Labute approximate surface area is 135 Å². The van der Waals surface area contributed by atoms with Gasteiger partial charge in [-0.15, -0.1) is 0 Å². The van der Waals surface area contributed by atoms with Gasteiger partial charge in [-0.1, -0.05) is 11.6 Å². The Bertz CT molecular complexity index is 704. The zero-order valence-electron chi connectivity index (χ0n) is 11.4. The molecule has 0 aliphatic carbocycles. The normalized spacial score (nSPS) is 10.3. The molecule has 0 radical (unpaired) electrons. The van der Waals surface area contributed by atoms with Gasteiger partial charge in [0.2, 0.25) is 0 Å². The Balaban J connectivity index is 2.60.